The molecular formula is H6ClO3Ti-. The third-order valence-electron chi connectivity index (χ3n) is 0. The van der Waals surface area contributed by atoms with Gasteiger partial charge in [0.25, 0.3) is 0 Å². The van der Waals surface area contributed by atoms with Crippen molar-refractivity contribution in [3.8, 4) is 0 Å². The minimum atomic E-state index is 0. The van der Waals surface area contributed by atoms with E-state index in [2.05, 4.69) is 0 Å². The molecule has 6 N–H and O–H groups in total. The maximum atomic E-state index is 0. The Labute approximate surface area is 51.0 Å². The number of halogens is 1. The molecule has 0 saturated carbocycles. The fraction of sp³-hybridized carbons (Fsp3) is 0. The molecule has 0 fully saturated rings. The van der Waals surface area contributed by atoms with Crippen molar-refractivity contribution in [2.24, 2.45) is 0 Å². The summed E-state index contributed by atoms with van der Waals surface area (Å²) in [6.45, 7) is 0. The molecule has 0 unspecified atom stereocenters. The van der Waals surface area contributed by atoms with E-state index in [1.54, 1.807) is 0 Å². The summed E-state index contributed by atoms with van der Waals surface area (Å²) in [5.41, 5.74) is 0. The van der Waals surface area contributed by atoms with Crippen LogP contribution in [0.2, 0.25) is 0 Å². The van der Waals surface area contributed by atoms with Crippen LogP contribution in [0.25, 0.3) is 0 Å². The molecule has 0 aromatic carbocycles. The van der Waals surface area contributed by atoms with E-state index in [0.717, 1.165) is 0 Å². The molecule has 0 bridgehead atoms. The Morgan fingerprint density at radius 2 is 0.600 bits per heavy atom. The zero-order valence-corrected chi connectivity index (χ0v) is 4.70. The minimum Gasteiger partial charge on any atom is -1.00 e. The second-order valence-electron chi connectivity index (χ2n) is 0. The van der Waals surface area contributed by atoms with Crippen molar-refractivity contribution in [3.63, 3.8) is 0 Å². The first kappa shape index (κ1) is 180. The summed E-state index contributed by atoms with van der Waals surface area (Å²) in [7, 11) is 0. The molecule has 0 radical (unpaired) electrons. The first-order valence-electron chi connectivity index (χ1n) is 0. The summed E-state index contributed by atoms with van der Waals surface area (Å²) in [6.07, 6.45) is 0. The van der Waals surface area contributed by atoms with Gasteiger partial charge in [-0.25, -0.2) is 0 Å². The van der Waals surface area contributed by atoms with Crippen molar-refractivity contribution in [1.82, 2.24) is 0 Å². The largest absolute Gasteiger partial charge is 1.00 e. The Balaban J connectivity index is 0. The minimum absolute atomic E-state index is 0. The summed E-state index contributed by atoms with van der Waals surface area (Å²) < 4.78 is 0. The molecule has 0 atom stereocenters. The quantitative estimate of drug-likeness (QED) is 0.298. The van der Waals surface area contributed by atoms with Gasteiger partial charge < -0.3 is 28.8 Å². The molecule has 5 heavy (non-hydrogen) atoms. The van der Waals surface area contributed by atoms with Crippen molar-refractivity contribution in [3.05, 3.63) is 0 Å². The van der Waals surface area contributed by atoms with Gasteiger partial charge in [0.1, 0.15) is 0 Å². The van der Waals surface area contributed by atoms with E-state index in [0.29, 0.717) is 0 Å². The number of rotatable bonds is 0. The molecule has 0 rings (SSSR count). The van der Waals surface area contributed by atoms with Crippen LogP contribution >= 0.6 is 0 Å². The molecule has 5 heteroatoms. The van der Waals surface area contributed by atoms with Gasteiger partial charge in [-0.05, 0) is 0 Å². The van der Waals surface area contributed by atoms with Crippen molar-refractivity contribution >= 4 is 0 Å². The molecule has 0 aromatic rings. The average molecular weight is 137 g/mol. The van der Waals surface area contributed by atoms with Crippen LogP contribution in [0.1, 0.15) is 0 Å². The molecule has 36 valence electrons. The van der Waals surface area contributed by atoms with E-state index < -0.39 is 0 Å². The Hall–Kier alpha value is 0.884. The topological polar surface area (TPSA) is 94.5 Å². The zero-order chi connectivity index (χ0) is 0. The van der Waals surface area contributed by atoms with Gasteiger partial charge in [-0.3, -0.25) is 0 Å². The number of hydrogen-bond acceptors (Lipinski definition) is 0. The standard InChI is InChI=1S/ClH.3H2O.Ti/h1H;3*1H2;/p-1. The SMILES string of the molecule is O.O.O.[Cl-].[Ti]. The maximum absolute atomic E-state index is 0. The van der Waals surface area contributed by atoms with Crippen LogP contribution in [-0.2, 0) is 21.7 Å². The third-order valence-corrected chi connectivity index (χ3v) is 0. The summed E-state index contributed by atoms with van der Waals surface area (Å²) in [4.78, 5) is 0. The van der Waals surface area contributed by atoms with E-state index in [4.69, 9.17) is 0 Å². The average Bonchev–Trinajstić information content (AvgIpc) is 0. The van der Waals surface area contributed by atoms with Gasteiger partial charge in [-0.15, -0.1) is 0 Å². The summed E-state index contributed by atoms with van der Waals surface area (Å²) >= 11 is 0. The predicted octanol–water partition coefficient (Wildman–Crippen LogP) is -5.47. The van der Waals surface area contributed by atoms with Crippen LogP contribution in [0.5, 0.6) is 0 Å². The van der Waals surface area contributed by atoms with Crippen molar-refractivity contribution in [2.45, 2.75) is 0 Å². The van der Waals surface area contributed by atoms with Crippen LogP contribution in [-0.4, -0.2) is 16.4 Å². The van der Waals surface area contributed by atoms with Crippen molar-refractivity contribution < 1.29 is 50.6 Å². The van der Waals surface area contributed by atoms with Gasteiger partial charge >= 0.3 is 0 Å². The van der Waals surface area contributed by atoms with Crippen LogP contribution in [0.15, 0.2) is 0 Å². The maximum Gasteiger partial charge on any atom is 0 e. The van der Waals surface area contributed by atoms with Gasteiger partial charge in [-0.2, -0.15) is 0 Å². The van der Waals surface area contributed by atoms with Gasteiger partial charge in [0.15, 0.2) is 0 Å². The Morgan fingerprint density at radius 3 is 0.600 bits per heavy atom. The van der Waals surface area contributed by atoms with E-state index in [1.807, 2.05) is 0 Å². The summed E-state index contributed by atoms with van der Waals surface area (Å²) in [5.74, 6) is 0. The van der Waals surface area contributed by atoms with E-state index in [9.17, 15) is 0 Å². The normalized spacial score (nSPS) is 0. The molecule has 0 spiro atoms. The molecule has 0 amide bonds. The molecule has 0 aliphatic carbocycles. The first-order chi connectivity index (χ1) is 0. The summed E-state index contributed by atoms with van der Waals surface area (Å²) in [5, 5.41) is 0. The van der Waals surface area contributed by atoms with Gasteiger partial charge in [-0.1, -0.05) is 0 Å². The van der Waals surface area contributed by atoms with Crippen LogP contribution in [0.3, 0.4) is 0 Å². The van der Waals surface area contributed by atoms with Crippen molar-refractivity contribution in [1.29, 1.82) is 0 Å². The zero-order valence-electron chi connectivity index (χ0n) is 2.38. The van der Waals surface area contributed by atoms with E-state index in [1.165, 1.54) is 0 Å². The molecular weight excluding hydrogens is 131 g/mol. The molecule has 3 nitrogen and oxygen atoms in total. The molecule has 0 heterocycles. The molecule has 0 aromatic heterocycles. The van der Waals surface area contributed by atoms with Gasteiger partial charge in [0.05, 0.1) is 0 Å². The first-order valence-corrected chi connectivity index (χ1v) is 0. The van der Waals surface area contributed by atoms with Gasteiger partial charge in [0, 0.05) is 21.7 Å². The predicted molar refractivity (Wildman–Crippen MR) is 10.8 cm³/mol. The Morgan fingerprint density at radius 1 is 0.600 bits per heavy atom. The number of hydrogen-bond donors (Lipinski definition) is 0. The smallest absolute Gasteiger partial charge is 0 e. The Bertz CT molecular complexity index is 6.85. The van der Waals surface area contributed by atoms with Crippen LogP contribution in [0.4, 0.5) is 0 Å². The Kier molecular flexibility index (Phi) is 3380. The molecule has 0 aliphatic rings. The fourth-order valence-electron chi connectivity index (χ4n) is 0. The second-order valence-corrected chi connectivity index (χ2v) is 0. The van der Waals surface area contributed by atoms with Crippen LogP contribution in [0, 0.1) is 0 Å². The van der Waals surface area contributed by atoms with Gasteiger partial charge in [0.2, 0.25) is 0 Å². The van der Waals surface area contributed by atoms with E-state index >= 15 is 0 Å². The van der Waals surface area contributed by atoms with Crippen LogP contribution < -0.4 is 12.4 Å². The fourth-order valence-corrected chi connectivity index (χ4v) is 0. The monoisotopic (exact) mass is 137 g/mol. The van der Waals surface area contributed by atoms with E-state index in [-0.39, 0.29) is 50.6 Å². The third kappa shape index (κ3) is 52.0. The molecule has 0 aliphatic heterocycles. The van der Waals surface area contributed by atoms with Crippen molar-refractivity contribution in [2.75, 3.05) is 0 Å². The second kappa shape index (κ2) is 94.2. The molecule has 0 saturated heterocycles. The summed E-state index contributed by atoms with van der Waals surface area (Å²) in [6, 6.07) is 0.